The Bertz CT molecular complexity index is 629. The monoisotopic (exact) mass is 354 g/mol. The van der Waals surface area contributed by atoms with Gasteiger partial charge in [0.1, 0.15) is 0 Å². The molecule has 0 radical (unpaired) electrons. The highest BCUT2D eigenvalue weighted by molar-refractivity contribution is 7.90. The quantitative estimate of drug-likeness (QED) is 0.700. The van der Waals surface area contributed by atoms with E-state index in [1.165, 1.54) is 5.56 Å². The zero-order valence-corrected chi connectivity index (χ0v) is 16.2. The Labute approximate surface area is 146 Å². The van der Waals surface area contributed by atoms with Crippen molar-refractivity contribution in [2.24, 2.45) is 0 Å². The van der Waals surface area contributed by atoms with Gasteiger partial charge in [-0.2, -0.15) is 0 Å². The van der Waals surface area contributed by atoms with Gasteiger partial charge in [-0.3, -0.25) is 4.79 Å². The van der Waals surface area contributed by atoms with Crippen molar-refractivity contribution in [3.05, 3.63) is 29.8 Å². The van der Waals surface area contributed by atoms with Gasteiger partial charge in [-0.15, -0.1) is 0 Å². The lowest BCUT2D eigenvalue weighted by molar-refractivity contribution is -0.116. The number of unbranched alkanes of at least 4 members (excludes halogenated alkanes) is 1. The number of benzene rings is 1. The molecule has 0 heterocycles. The van der Waals surface area contributed by atoms with Gasteiger partial charge in [0.05, 0.1) is 4.75 Å². The van der Waals surface area contributed by atoms with E-state index in [1.54, 1.807) is 20.8 Å². The van der Waals surface area contributed by atoms with Crippen molar-refractivity contribution in [1.29, 1.82) is 0 Å². The Morgan fingerprint density at radius 1 is 1.08 bits per heavy atom. The van der Waals surface area contributed by atoms with Crippen molar-refractivity contribution in [3.8, 4) is 0 Å². The third kappa shape index (κ3) is 6.61. The molecule has 1 amide bonds. The van der Waals surface area contributed by atoms with Crippen LogP contribution in [0.4, 0.5) is 5.69 Å². The van der Waals surface area contributed by atoms with E-state index in [1.807, 2.05) is 24.3 Å². The topological polar surface area (TPSA) is 75.3 Å². The van der Waals surface area contributed by atoms with Gasteiger partial charge < -0.3 is 5.32 Å². The van der Waals surface area contributed by atoms with Crippen molar-refractivity contribution in [3.63, 3.8) is 0 Å². The van der Waals surface area contributed by atoms with Crippen molar-refractivity contribution < 1.29 is 13.2 Å². The summed E-state index contributed by atoms with van der Waals surface area (Å²) in [6, 6.07) is 7.85. The van der Waals surface area contributed by atoms with Crippen LogP contribution in [0.3, 0.4) is 0 Å². The Morgan fingerprint density at radius 2 is 1.67 bits per heavy atom. The first kappa shape index (κ1) is 20.6. The smallest absolute Gasteiger partial charge is 0.224 e. The number of anilines is 1. The van der Waals surface area contributed by atoms with Gasteiger partial charge in [0.2, 0.25) is 15.9 Å². The number of hydrogen-bond acceptors (Lipinski definition) is 3. The Hall–Kier alpha value is -1.40. The second kappa shape index (κ2) is 8.62. The summed E-state index contributed by atoms with van der Waals surface area (Å²) >= 11 is 0. The van der Waals surface area contributed by atoms with Crippen molar-refractivity contribution in [1.82, 2.24) is 4.72 Å². The van der Waals surface area contributed by atoms with Crippen LogP contribution in [-0.2, 0) is 14.8 Å². The molecule has 0 spiro atoms. The van der Waals surface area contributed by atoms with Gasteiger partial charge in [0.15, 0.2) is 0 Å². The summed E-state index contributed by atoms with van der Waals surface area (Å²) < 4.78 is 25.5. The minimum atomic E-state index is -3.31. The fourth-order valence-electron chi connectivity index (χ4n) is 2.01. The third-order valence-electron chi connectivity index (χ3n) is 3.79. The first-order chi connectivity index (χ1) is 11.0. The van der Waals surface area contributed by atoms with E-state index in [0.29, 0.717) is 31.7 Å². The normalized spacial score (nSPS) is 12.4. The van der Waals surface area contributed by atoms with Gasteiger partial charge in [-0.05, 0) is 57.2 Å². The molecule has 0 aliphatic heterocycles. The van der Waals surface area contributed by atoms with E-state index in [9.17, 15) is 13.2 Å². The first-order valence-electron chi connectivity index (χ1n) is 8.42. The molecule has 0 aromatic heterocycles. The standard InChI is InChI=1S/C18H30N2O3S/c1-14(2)15-9-11-16(12-10-15)20-17(21)8-6-7-13-19-24(22,23)18(3,4)5/h9-12,14,19H,6-8,13H2,1-5H3,(H,20,21). The van der Waals surface area contributed by atoms with Crippen LogP contribution in [0, 0.1) is 0 Å². The van der Waals surface area contributed by atoms with Crippen molar-refractivity contribution in [2.75, 3.05) is 11.9 Å². The van der Waals surface area contributed by atoms with Gasteiger partial charge in [-0.1, -0.05) is 26.0 Å². The molecule has 0 aliphatic carbocycles. The molecule has 0 saturated carbocycles. The average Bonchev–Trinajstić information content (AvgIpc) is 2.46. The molecule has 0 saturated heterocycles. The number of sulfonamides is 1. The van der Waals surface area contributed by atoms with E-state index >= 15 is 0 Å². The number of amides is 1. The van der Waals surface area contributed by atoms with Crippen LogP contribution in [0.5, 0.6) is 0 Å². The predicted octanol–water partition coefficient (Wildman–Crippen LogP) is 3.64. The number of carbonyl (C=O) groups is 1. The summed E-state index contributed by atoms with van der Waals surface area (Å²) in [7, 11) is -3.31. The molecular formula is C18H30N2O3S. The molecule has 0 aliphatic rings. The molecule has 136 valence electrons. The second-order valence-corrected chi connectivity index (χ2v) is 9.81. The van der Waals surface area contributed by atoms with Crippen molar-refractivity contribution in [2.45, 2.75) is 64.5 Å². The minimum Gasteiger partial charge on any atom is -0.326 e. The predicted molar refractivity (Wildman–Crippen MR) is 99.7 cm³/mol. The van der Waals surface area contributed by atoms with Crippen LogP contribution < -0.4 is 10.0 Å². The lowest BCUT2D eigenvalue weighted by Crippen LogP contribution is -2.39. The molecule has 0 unspecified atom stereocenters. The highest BCUT2D eigenvalue weighted by Crippen LogP contribution is 2.17. The van der Waals surface area contributed by atoms with Crippen LogP contribution in [0.2, 0.25) is 0 Å². The molecule has 24 heavy (non-hydrogen) atoms. The SMILES string of the molecule is CC(C)c1ccc(NC(=O)CCCCNS(=O)(=O)C(C)(C)C)cc1. The van der Waals surface area contributed by atoms with E-state index in [4.69, 9.17) is 0 Å². The molecule has 0 bridgehead atoms. The molecule has 2 N–H and O–H groups in total. The molecule has 0 atom stereocenters. The number of nitrogens with one attached hydrogen (secondary N) is 2. The second-order valence-electron chi connectivity index (χ2n) is 7.29. The van der Waals surface area contributed by atoms with Gasteiger partial charge in [0.25, 0.3) is 0 Å². The zero-order chi connectivity index (χ0) is 18.4. The van der Waals surface area contributed by atoms with E-state index in [2.05, 4.69) is 23.9 Å². The number of hydrogen-bond donors (Lipinski definition) is 2. The minimum absolute atomic E-state index is 0.0500. The summed E-state index contributed by atoms with van der Waals surface area (Å²) in [6.07, 6.45) is 1.65. The summed E-state index contributed by atoms with van der Waals surface area (Å²) in [6.45, 7) is 9.59. The van der Waals surface area contributed by atoms with Crippen LogP contribution in [-0.4, -0.2) is 25.6 Å². The maximum absolute atomic E-state index is 11.9. The Morgan fingerprint density at radius 3 is 2.17 bits per heavy atom. The Balaban J connectivity index is 2.30. The fourth-order valence-corrected chi connectivity index (χ4v) is 2.85. The van der Waals surface area contributed by atoms with Gasteiger partial charge in [-0.25, -0.2) is 13.1 Å². The summed E-state index contributed by atoms with van der Waals surface area (Å²) in [5.41, 5.74) is 2.02. The maximum atomic E-state index is 11.9. The van der Waals surface area contributed by atoms with Gasteiger partial charge in [0, 0.05) is 18.7 Å². The summed E-state index contributed by atoms with van der Waals surface area (Å²) in [5, 5.41) is 2.86. The maximum Gasteiger partial charge on any atom is 0.224 e. The molecule has 1 rings (SSSR count). The molecular weight excluding hydrogens is 324 g/mol. The lowest BCUT2D eigenvalue weighted by Gasteiger charge is -2.19. The number of rotatable bonds is 8. The van der Waals surface area contributed by atoms with Crippen LogP contribution >= 0.6 is 0 Å². The van der Waals surface area contributed by atoms with E-state index in [0.717, 1.165) is 5.69 Å². The van der Waals surface area contributed by atoms with Crippen LogP contribution in [0.1, 0.15) is 65.4 Å². The third-order valence-corrected chi connectivity index (χ3v) is 5.99. The highest BCUT2D eigenvalue weighted by atomic mass is 32.2. The molecule has 1 aromatic carbocycles. The number of carbonyl (C=O) groups excluding carboxylic acids is 1. The molecule has 6 heteroatoms. The fraction of sp³-hybridized carbons (Fsp3) is 0.611. The zero-order valence-electron chi connectivity index (χ0n) is 15.3. The van der Waals surface area contributed by atoms with Crippen LogP contribution in [0.25, 0.3) is 0 Å². The van der Waals surface area contributed by atoms with Gasteiger partial charge >= 0.3 is 0 Å². The molecule has 1 aromatic rings. The van der Waals surface area contributed by atoms with E-state index < -0.39 is 14.8 Å². The van der Waals surface area contributed by atoms with Crippen molar-refractivity contribution >= 4 is 21.6 Å². The summed E-state index contributed by atoms with van der Waals surface area (Å²) in [5.74, 6) is 0.414. The molecule has 5 nitrogen and oxygen atoms in total. The molecule has 0 fully saturated rings. The summed E-state index contributed by atoms with van der Waals surface area (Å²) in [4.78, 5) is 11.9. The Kier molecular flexibility index (Phi) is 7.42. The highest BCUT2D eigenvalue weighted by Gasteiger charge is 2.27. The lowest BCUT2D eigenvalue weighted by atomic mass is 10.0. The van der Waals surface area contributed by atoms with E-state index in [-0.39, 0.29) is 5.91 Å². The average molecular weight is 355 g/mol. The first-order valence-corrected chi connectivity index (χ1v) is 9.90. The largest absolute Gasteiger partial charge is 0.326 e. The van der Waals surface area contributed by atoms with Crippen LogP contribution in [0.15, 0.2) is 24.3 Å².